The van der Waals surface area contributed by atoms with E-state index in [1.807, 2.05) is 54.6 Å². The first-order chi connectivity index (χ1) is 10.8. The van der Waals surface area contributed by atoms with Crippen molar-refractivity contribution in [3.05, 3.63) is 78.9 Å². The zero-order valence-corrected chi connectivity index (χ0v) is 13.6. The zero-order valence-electron chi connectivity index (χ0n) is 12.8. The van der Waals surface area contributed by atoms with Gasteiger partial charge in [-0.25, -0.2) is 0 Å². The summed E-state index contributed by atoms with van der Waals surface area (Å²) in [5.41, 5.74) is 1.09. The van der Waals surface area contributed by atoms with Gasteiger partial charge in [0, 0.05) is 11.3 Å². The van der Waals surface area contributed by atoms with Crippen LogP contribution < -0.4 is 0 Å². The van der Waals surface area contributed by atoms with Gasteiger partial charge < -0.3 is 0 Å². The van der Waals surface area contributed by atoms with Crippen molar-refractivity contribution in [3.63, 3.8) is 0 Å². The van der Waals surface area contributed by atoms with Gasteiger partial charge in [0.05, 0.1) is 5.25 Å². The van der Waals surface area contributed by atoms with Crippen molar-refractivity contribution in [2.45, 2.75) is 35.8 Å². The van der Waals surface area contributed by atoms with Crippen LogP contribution in [0.25, 0.3) is 0 Å². The Morgan fingerprint density at radius 3 is 2.27 bits per heavy atom. The third-order valence-electron chi connectivity index (χ3n) is 3.47. The molecule has 0 fully saturated rings. The van der Waals surface area contributed by atoms with E-state index < -0.39 is 0 Å². The standard InChI is InChI=1S/C20H22OS/c1-2-3-4-11-16-19(21)20(17-12-7-5-8-13-17)22-18-14-9-6-10-15-18/h2,5-10,12-15,20H,1,3-4,11,16H2. The summed E-state index contributed by atoms with van der Waals surface area (Å²) in [7, 11) is 0. The largest absolute Gasteiger partial charge is 0.298 e. The minimum atomic E-state index is -0.118. The van der Waals surface area contributed by atoms with Crippen molar-refractivity contribution in [1.82, 2.24) is 0 Å². The molecule has 0 aromatic heterocycles. The molecule has 0 saturated carbocycles. The van der Waals surface area contributed by atoms with E-state index in [4.69, 9.17) is 0 Å². The van der Waals surface area contributed by atoms with Crippen molar-refractivity contribution < 1.29 is 4.79 Å². The Morgan fingerprint density at radius 1 is 1.00 bits per heavy atom. The lowest BCUT2D eigenvalue weighted by atomic mass is 10.0. The van der Waals surface area contributed by atoms with Gasteiger partial charge in [-0.2, -0.15) is 0 Å². The van der Waals surface area contributed by atoms with Gasteiger partial charge in [-0.05, 0) is 37.0 Å². The van der Waals surface area contributed by atoms with Gasteiger partial charge in [0.2, 0.25) is 0 Å². The molecule has 0 aliphatic carbocycles. The summed E-state index contributed by atoms with van der Waals surface area (Å²) in [6, 6.07) is 20.2. The zero-order chi connectivity index (χ0) is 15.6. The number of hydrogen-bond acceptors (Lipinski definition) is 2. The number of carbonyl (C=O) groups excluding carboxylic acids is 1. The lowest BCUT2D eigenvalue weighted by Crippen LogP contribution is -2.09. The Hall–Kier alpha value is -1.80. The van der Waals surface area contributed by atoms with Crippen LogP contribution in [0.3, 0.4) is 0 Å². The van der Waals surface area contributed by atoms with E-state index in [-0.39, 0.29) is 5.25 Å². The average molecular weight is 310 g/mol. The summed E-state index contributed by atoms with van der Waals surface area (Å²) in [4.78, 5) is 13.8. The van der Waals surface area contributed by atoms with Crippen LogP contribution in [0.15, 0.2) is 78.2 Å². The SMILES string of the molecule is C=CCCCCC(=O)C(Sc1ccccc1)c1ccccc1. The Morgan fingerprint density at radius 2 is 1.64 bits per heavy atom. The van der Waals surface area contributed by atoms with Crippen molar-refractivity contribution in [2.24, 2.45) is 0 Å². The van der Waals surface area contributed by atoms with E-state index in [0.29, 0.717) is 12.2 Å². The first-order valence-corrected chi connectivity index (χ1v) is 8.59. The molecule has 1 nitrogen and oxygen atoms in total. The minimum Gasteiger partial charge on any atom is -0.298 e. The molecule has 0 heterocycles. The first kappa shape index (κ1) is 16.6. The van der Waals surface area contributed by atoms with Crippen LogP contribution in [-0.2, 0) is 4.79 Å². The third-order valence-corrected chi connectivity index (χ3v) is 4.79. The molecule has 0 aliphatic heterocycles. The normalized spacial score (nSPS) is 11.8. The molecule has 22 heavy (non-hydrogen) atoms. The van der Waals surface area contributed by atoms with E-state index in [1.54, 1.807) is 11.8 Å². The Bertz CT molecular complexity index is 577. The van der Waals surface area contributed by atoms with Gasteiger partial charge in [-0.3, -0.25) is 4.79 Å². The molecule has 114 valence electrons. The second-order valence-electron chi connectivity index (χ2n) is 5.22. The van der Waals surface area contributed by atoms with E-state index in [0.717, 1.165) is 29.7 Å². The molecule has 0 aliphatic rings. The fourth-order valence-electron chi connectivity index (χ4n) is 2.30. The van der Waals surface area contributed by atoms with Gasteiger partial charge in [-0.15, -0.1) is 18.3 Å². The van der Waals surface area contributed by atoms with E-state index in [1.165, 1.54) is 0 Å². The maximum Gasteiger partial charge on any atom is 0.150 e. The molecule has 0 bridgehead atoms. The first-order valence-electron chi connectivity index (χ1n) is 7.71. The maximum absolute atomic E-state index is 12.7. The lowest BCUT2D eigenvalue weighted by Gasteiger charge is -2.16. The van der Waals surface area contributed by atoms with Gasteiger partial charge in [0.25, 0.3) is 0 Å². The number of Topliss-reactive ketones (excluding diaryl/α,β-unsaturated/α-hetero) is 1. The molecule has 2 aromatic carbocycles. The summed E-state index contributed by atoms with van der Waals surface area (Å²) in [5, 5.41) is -0.118. The van der Waals surface area contributed by atoms with E-state index in [9.17, 15) is 4.79 Å². The van der Waals surface area contributed by atoms with Crippen LogP contribution in [0.4, 0.5) is 0 Å². The monoisotopic (exact) mass is 310 g/mol. The molecule has 0 N–H and O–H groups in total. The Balaban J connectivity index is 2.08. The Kier molecular flexibility index (Phi) is 6.98. The molecular weight excluding hydrogens is 288 g/mol. The van der Waals surface area contributed by atoms with Crippen LogP contribution in [0, 0.1) is 0 Å². The van der Waals surface area contributed by atoms with Crippen LogP contribution in [0.5, 0.6) is 0 Å². The topological polar surface area (TPSA) is 17.1 Å². The van der Waals surface area contributed by atoms with Gasteiger partial charge in [0.15, 0.2) is 5.78 Å². The number of unbranched alkanes of at least 4 members (excludes halogenated alkanes) is 2. The number of benzene rings is 2. The summed E-state index contributed by atoms with van der Waals surface area (Å²) < 4.78 is 0. The van der Waals surface area contributed by atoms with Gasteiger partial charge >= 0.3 is 0 Å². The van der Waals surface area contributed by atoms with Crippen LogP contribution in [0.1, 0.15) is 36.5 Å². The second kappa shape index (κ2) is 9.26. The highest BCUT2D eigenvalue weighted by atomic mass is 32.2. The highest BCUT2D eigenvalue weighted by Crippen LogP contribution is 2.36. The predicted molar refractivity (Wildman–Crippen MR) is 95.2 cm³/mol. The molecule has 0 saturated heterocycles. The highest BCUT2D eigenvalue weighted by Gasteiger charge is 2.21. The second-order valence-corrected chi connectivity index (χ2v) is 6.40. The summed E-state index contributed by atoms with van der Waals surface area (Å²) in [5.74, 6) is 0.309. The fraction of sp³-hybridized carbons (Fsp3) is 0.250. The smallest absolute Gasteiger partial charge is 0.150 e. The molecule has 2 heteroatoms. The Labute approximate surface area is 137 Å². The molecule has 0 spiro atoms. The van der Waals surface area contributed by atoms with Crippen molar-refractivity contribution in [2.75, 3.05) is 0 Å². The third kappa shape index (κ3) is 5.19. The summed E-state index contributed by atoms with van der Waals surface area (Å²) in [6.07, 6.45) is 5.50. The number of rotatable bonds is 9. The van der Waals surface area contributed by atoms with Crippen LogP contribution in [0.2, 0.25) is 0 Å². The van der Waals surface area contributed by atoms with Crippen molar-refractivity contribution in [1.29, 1.82) is 0 Å². The summed E-state index contributed by atoms with van der Waals surface area (Å²) in [6.45, 7) is 3.73. The fourth-order valence-corrected chi connectivity index (χ4v) is 3.43. The highest BCUT2D eigenvalue weighted by molar-refractivity contribution is 8.00. The average Bonchev–Trinajstić information content (AvgIpc) is 2.58. The minimum absolute atomic E-state index is 0.118. The quantitative estimate of drug-likeness (QED) is 0.329. The van der Waals surface area contributed by atoms with Crippen molar-refractivity contribution in [3.8, 4) is 0 Å². The van der Waals surface area contributed by atoms with E-state index in [2.05, 4.69) is 18.7 Å². The molecule has 2 rings (SSSR count). The molecule has 2 aromatic rings. The summed E-state index contributed by atoms with van der Waals surface area (Å²) >= 11 is 1.64. The number of hydrogen-bond donors (Lipinski definition) is 0. The lowest BCUT2D eigenvalue weighted by molar-refractivity contribution is -0.118. The molecular formula is C20H22OS. The molecule has 0 radical (unpaired) electrons. The van der Waals surface area contributed by atoms with E-state index >= 15 is 0 Å². The predicted octanol–water partition coefficient (Wildman–Crippen LogP) is 5.84. The number of carbonyl (C=O) groups is 1. The number of allylic oxidation sites excluding steroid dienone is 1. The van der Waals surface area contributed by atoms with Gasteiger partial charge in [0.1, 0.15) is 0 Å². The maximum atomic E-state index is 12.7. The van der Waals surface area contributed by atoms with Crippen LogP contribution in [-0.4, -0.2) is 5.78 Å². The molecule has 0 amide bonds. The molecule has 1 atom stereocenters. The molecule has 1 unspecified atom stereocenters. The number of ketones is 1. The number of thioether (sulfide) groups is 1. The van der Waals surface area contributed by atoms with Crippen LogP contribution >= 0.6 is 11.8 Å². The van der Waals surface area contributed by atoms with Crippen molar-refractivity contribution >= 4 is 17.5 Å². The van der Waals surface area contributed by atoms with Gasteiger partial charge in [-0.1, -0.05) is 54.6 Å².